The summed E-state index contributed by atoms with van der Waals surface area (Å²) in [6.45, 7) is 4.78. The Morgan fingerprint density at radius 1 is 1.13 bits per heavy atom. The molecule has 0 saturated carbocycles. The van der Waals surface area contributed by atoms with E-state index in [-0.39, 0.29) is 5.91 Å². The normalized spacial score (nSPS) is 18.0. The highest BCUT2D eigenvalue weighted by Gasteiger charge is 2.28. The molecule has 2 aliphatic rings. The van der Waals surface area contributed by atoms with Gasteiger partial charge in [-0.3, -0.25) is 4.79 Å². The summed E-state index contributed by atoms with van der Waals surface area (Å²) in [5.74, 6) is 2.12. The van der Waals surface area contributed by atoms with Gasteiger partial charge in [0.25, 0.3) is 5.78 Å². The Labute approximate surface area is 184 Å². The van der Waals surface area contributed by atoms with Crippen molar-refractivity contribution in [1.29, 1.82) is 0 Å². The summed E-state index contributed by atoms with van der Waals surface area (Å²) in [4.78, 5) is 25.1. The van der Waals surface area contributed by atoms with E-state index in [1.807, 2.05) is 18.2 Å². The molecule has 1 amide bonds. The Hall–Kier alpha value is -2.38. The molecule has 0 N–H and O–H groups in total. The first kappa shape index (κ1) is 19.6. The Kier molecular flexibility index (Phi) is 5.03. The number of fused-ring (bicyclic) bond motifs is 1. The SMILES string of the molecule is CC1CCN(c2c(-c3cc(N4CCCC4=O)ccc3Cl)c(Cl)nc3ncnn23)CC1. The molecule has 9 heteroatoms. The molecule has 2 aromatic heterocycles. The topological polar surface area (TPSA) is 66.6 Å². The van der Waals surface area contributed by atoms with Crippen LogP contribution in [0.15, 0.2) is 24.5 Å². The summed E-state index contributed by atoms with van der Waals surface area (Å²) in [6.07, 6.45) is 5.10. The summed E-state index contributed by atoms with van der Waals surface area (Å²) in [6, 6.07) is 5.64. The largest absolute Gasteiger partial charge is 0.356 e. The number of anilines is 2. The predicted molar refractivity (Wildman–Crippen MR) is 118 cm³/mol. The fourth-order valence-corrected chi connectivity index (χ4v) is 4.81. The molecular formula is C21H22Cl2N6O. The summed E-state index contributed by atoms with van der Waals surface area (Å²) in [5.41, 5.74) is 2.30. The third-order valence-electron chi connectivity index (χ3n) is 6.05. The van der Waals surface area contributed by atoms with Gasteiger partial charge in [0.05, 0.1) is 5.56 Å². The number of hydrogen-bond donors (Lipinski definition) is 0. The molecule has 2 aliphatic heterocycles. The lowest BCUT2D eigenvalue weighted by atomic mass is 9.98. The van der Waals surface area contributed by atoms with Crippen molar-refractivity contribution in [1.82, 2.24) is 19.6 Å². The van der Waals surface area contributed by atoms with Crippen LogP contribution < -0.4 is 9.80 Å². The summed E-state index contributed by atoms with van der Waals surface area (Å²) in [7, 11) is 0. The predicted octanol–water partition coefficient (Wildman–Crippen LogP) is 4.46. The molecule has 2 saturated heterocycles. The van der Waals surface area contributed by atoms with Crippen LogP contribution in [0.1, 0.15) is 32.6 Å². The lowest BCUT2D eigenvalue weighted by molar-refractivity contribution is -0.117. The van der Waals surface area contributed by atoms with Gasteiger partial charge in [-0.25, -0.2) is 0 Å². The highest BCUT2D eigenvalue weighted by molar-refractivity contribution is 6.36. The van der Waals surface area contributed by atoms with Gasteiger partial charge in [0.15, 0.2) is 0 Å². The number of aromatic nitrogens is 4. The molecule has 0 unspecified atom stereocenters. The highest BCUT2D eigenvalue weighted by Crippen LogP contribution is 2.42. The first-order valence-corrected chi connectivity index (χ1v) is 11.0. The van der Waals surface area contributed by atoms with Crippen LogP contribution in [0.5, 0.6) is 0 Å². The maximum Gasteiger partial charge on any atom is 0.255 e. The van der Waals surface area contributed by atoms with E-state index in [1.165, 1.54) is 6.33 Å². The number of halogens is 2. The van der Waals surface area contributed by atoms with Crippen molar-refractivity contribution < 1.29 is 4.79 Å². The molecule has 7 nitrogen and oxygen atoms in total. The van der Waals surface area contributed by atoms with Crippen molar-refractivity contribution in [2.75, 3.05) is 29.4 Å². The maximum absolute atomic E-state index is 12.3. The van der Waals surface area contributed by atoms with Gasteiger partial charge < -0.3 is 9.80 Å². The van der Waals surface area contributed by atoms with Crippen LogP contribution in [-0.4, -0.2) is 45.1 Å². The number of piperidine rings is 1. The van der Waals surface area contributed by atoms with E-state index in [9.17, 15) is 4.79 Å². The third kappa shape index (κ3) is 3.30. The fourth-order valence-electron chi connectivity index (χ4n) is 4.34. The van der Waals surface area contributed by atoms with Crippen LogP contribution >= 0.6 is 23.2 Å². The number of benzene rings is 1. The Morgan fingerprint density at radius 3 is 2.67 bits per heavy atom. The Morgan fingerprint density at radius 2 is 1.93 bits per heavy atom. The van der Waals surface area contributed by atoms with Gasteiger partial charge in [-0.2, -0.15) is 19.6 Å². The van der Waals surface area contributed by atoms with E-state index < -0.39 is 0 Å². The lowest BCUT2D eigenvalue weighted by Crippen LogP contribution is -2.35. The highest BCUT2D eigenvalue weighted by atomic mass is 35.5. The molecule has 30 heavy (non-hydrogen) atoms. The standard InChI is InChI=1S/C21H22Cl2N6O/c1-13-6-9-27(10-7-13)20-18(19(23)26-21-24-12-25-29(20)21)15-11-14(4-5-16(15)22)28-8-2-3-17(28)30/h4-5,11-13H,2-3,6-10H2,1H3. The molecule has 0 atom stereocenters. The third-order valence-corrected chi connectivity index (χ3v) is 6.65. The van der Waals surface area contributed by atoms with Gasteiger partial charge in [-0.1, -0.05) is 30.1 Å². The molecule has 1 aromatic carbocycles. The Balaban J connectivity index is 1.70. The number of rotatable bonds is 3. The van der Waals surface area contributed by atoms with Gasteiger partial charge >= 0.3 is 0 Å². The van der Waals surface area contributed by atoms with Crippen molar-refractivity contribution >= 4 is 46.4 Å². The van der Waals surface area contributed by atoms with Gasteiger partial charge in [-0.05, 0) is 43.4 Å². The molecule has 0 radical (unpaired) electrons. The minimum atomic E-state index is 0.129. The monoisotopic (exact) mass is 444 g/mol. The molecule has 2 fully saturated rings. The lowest BCUT2D eigenvalue weighted by Gasteiger charge is -2.33. The number of amides is 1. The van der Waals surface area contributed by atoms with Crippen molar-refractivity contribution in [3.8, 4) is 11.1 Å². The zero-order valence-corrected chi connectivity index (χ0v) is 18.2. The molecule has 0 spiro atoms. The first-order valence-electron chi connectivity index (χ1n) is 10.3. The number of carbonyl (C=O) groups excluding carboxylic acids is 1. The van der Waals surface area contributed by atoms with Crippen molar-refractivity contribution in [2.24, 2.45) is 5.92 Å². The number of carbonyl (C=O) groups is 1. The summed E-state index contributed by atoms with van der Waals surface area (Å²) < 4.78 is 1.74. The molecule has 3 aromatic rings. The zero-order chi connectivity index (χ0) is 20.8. The summed E-state index contributed by atoms with van der Waals surface area (Å²) >= 11 is 13.4. The molecule has 156 valence electrons. The van der Waals surface area contributed by atoms with Crippen molar-refractivity contribution in [3.05, 3.63) is 34.7 Å². The average molecular weight is 445 g/mol. The average Bonchev–Trinajstić information content (AvgIpc) is 3.37. The van der Waals surface area contributed by atoms with Crippen LogP contribution in [-0.2, 0) is 4.79 Å². The van der Waals surface area contributed by atoms with Crippen LogP contribution in [0.3, 0.4) is 0 Å². The minimum Gasteiger partial charge on any atom is -0.356 e. The number of hydrogen-bond acceptors (Lipinski definition) is 5. The quantitative estimate of drug-likeness (QED) is 0.557. The fraction of sp³-hybridized carbons (Fsp3) is 0.429. The van der Waals surface area contributed by atoms with Crippen LogP contribution in [0.25, 0.3) is 16.9 Å². The second-order valence-corrected chi connectivity index (χ2v) is 8.82. The van der Waals surface area contributed by atoms with Crippen LogP contribution in [0, 0.1) is 5.92 Å². The molecule has 4 heterocycles. The Bertz CT molecular complexity index is 1120. The summed E-state index contributed by atoms with van der Waals surface area (Å²) in [5, 5.41) is 5.30. The zero-order valence-electron chi connectivity index (χ0n) is 16.7. The molecular weight excluding hydrogens is 423 g/mol. The van der Waals surface area contributed by atoms with Gasteiger partial charge in [0, 0.05) is 42.3 Å². The second kappa shape index (κ2) is 7.71. The molecule has 0 bridgehead atoms. The van der Waals surface area contributed by atoms with E-state index >= 15 is 0 Å². The molecule has 0 aliphatic carbocycles. The second-order valence-electron chi connectivity index (χ2n) is 8.06. The van der Waals surface area contributed by atoms with Crippen LogP contribution in [0.2, 0.25) is 10.2 Å². The van der Waals surface area contributed by atoms with Gasteiger partial charge in [-0.15, -0.1) is 0 Å². The maximum atomic E-state index is 12.3. The van der Waals surface area contributed by atoms with E-state index in [0.29, 0.717) is 34.8 Å². The van der Waals surface area contributed by atoms with Crippen molar-refractivity contribution in [2.45, 2.75) is 32.6 Å². The van der Waals surface area contributed by atoms with E-state index in [4.69, 9.17) is 23.2 Å². The number of nitrogens with zero attached hydrogens (tertiary/aromatic N) is 6. The van der Waals surface area contributed by atoms with Gasteiger partial charge in [0.1, 0.15) is 17.3 Å². The molecule has 5 rings (SSSR count). The van der Waals surface area contributed by atoms with E-state index in [2.05, 4.69) is 26.9 Å². The first-order chi connectivity index (χ1) is 14.5. The smallest absolute Gasteiger partial charge is 0.255 e. The van der Waals surface area contributed by atoms with E-state index in [1.54, 1.807) is 9.42 Å². The van der Waals surface area contributed by atoms with Gasteiger partial charge in [0.2, 0.25) is 5.91 Å². The van der Waals surface area contributed by atoms with Crippen molar-refractivity contribution in [3.63, 3.8) is 0 Å². The van der Waals surface area contributed by atoms with Crippen LogP contribution in [0.4, 0.5) is 11.5 Å². The minimum absolute atomic E-state index is 0.129. The van der Waals surface area contributed by atoms with E-state index in [0.717, 1.165) is 55.0 Å².